The number of carbonyl (C=O) groups excluding carboxylic acids is 5. The molecule has 130 valence electrons. The van der Waals surface area contributed by atoms with Gasteiger partial charge in [0.05, 0.1) is 19.6 Å². The van der Waals surface area contributed by atoms with Gasteiger partial charge < -0.3 is 38.0 Å². The van der Waals surface area contributed by atoms with Crippen LogP contribution in [0.4, 0.5) is 0 Å². The molecule has 3 atom stereocenters. The summed E-state index contributed by atoms with van der Waals surface area (Å²) in [7, 11) is 0. The maximum Gasteiger partial charge on any atom is 0.287 e. The highest BCUT2D eigenvalue weighted by Crippen LogP contribution is 1.96. The number of hydrogen-bond donors (Lipinski definition) is 7. The Labute approximate surface area is 130 Å². The highest BCUT2D eigenvalue weighted by atomic mass is 16.3. The first-order valence-corrected chi connectivity index (χ1v) is 6.34. The summed E-state index contributed by atoms with van der Waals surface area (Å²) in [5.41, 5.74) is 14.9. The minimum Gasteiger partial charge on any atom is -0.394 e. The van der Waals surface area contributed by atoms with Crippen LogP contribution in [0.1, 0.15) is 6.42 Å². The molecule has 4 amide bonds. The lowest BCUT2D eigenvalue weighted by Gasteiger charge is -2.21. The van der Waals surface area contributed by atoms with E-state index in [0.717, 1.165) is 0 Å². The standard InChI is InChI=1S/C11H19N5O7/c12-4(2-17)10(22)15-5(1-7(13)19)11(23)16-6(3-18)8(20)9(14)21/h4-6,17-18H,1-3,12H2,(H2,13,19)(H2,14,21)(H,15,22)(H,16,23)/t4-,5-,6-/m0/s1. The van der Waals surface area contributed by atoms with Crippen LogP contribution in [0.3, 0.4) is 0 Å². The van der Waals surface area contributed by atoms with Crippen molar-refractivity contribution in [3.63, 3.8) is 0 Å². The summed E-state index contributed by atoms with van der Waals surface area (Å²) in [6, 6.07) is -4.51. The van der Waals surface area contributed by atoms with Crippen molar-refractivity contribution in [3.8, 4) is 0 Å². The molecule has 0 aliphatic heterocycles. The summed E-state index contributed by atoms with van der Waals surface area (Å²) < 4.78 is 0. The molecule has 0 aliphatic rings. The highest BCUT2D eigenvalue weighted by Gasteiger charge is 2.30. The Morgan fingerprint density at radius 1 is 0.870 bits per heavy atom. The number of hydrogen-bond acceptors (Lipinski definition) is 8. The topological polar surface area (TPSA) is 228 Å². The molecule has 0 heterocycles. The monoisotopic (exact) mass is 333 g/mol. The molecule has 10 N–H and O–H groups in total. The second kappa shape index (κ2) is 9.45. The van der Waals surface area contributed by atoms with Crippen molar-refractivity contribution >= 4 is 29.4 Å². The Balaban J connectivity index is 5.06. The molecule has 12 heteroatoms. The van der Waals surface area contributed by atoms with Crippen LogP contribution in [0.15, 0.2) is 0 Å². The van der Waals surface area contributed by atoms with Crippen LogP contribution < -0.4 is 27.8 Å². The quantitative estimate of drug-likeness (QED) is 0.190. The van der Waals surface area contributed by atoms with Gasteiger partial charge in [0.15, 0.2) is 0 Å². The van der Waals surface area contributed by atoms with E-state index in [9.17, 15) is 24.0 Å². The van der Waals surface area contributed by atoms with Crippen LogP contribution in [0.25, 0.3) is 0 Å². The van der Waals surface area contributed by atoms with Crippen LogP contribution in [-0.4, -0.2) is 71.0 Å². The number of rotatable bonds is 10. The molecule has 0 saturated heterocycles. The van der Waals surface area contributed by atoms with Crippen LogP contribution in [0.5, 0.6) is 0 Å². The van der Waals surface area contributed by atoms with Gasteiger partial charge in [0.25, 0.3) is 5.91 Å². The van der Waals surface area contributed by atoms with Gasteiger partial charge in [-0.3, -0.25) is 24.0 Å². The van der Waals surface area contributed by atoms with Gasteiger partial charge in [0, 0.05) is 0 Å². The number of amides is 4. The molecule has 0 saturated carbocycles. The van der Waals surface area contributed by atoms with Crippen LogP contribution in [0.2, 0.25) is 0 Å². The molecule has 0 aromatic carbocycles. The fourth-order valence-electron chi connectivity index (χ4n) is 1.41. The molecular formula is C11H19N5O7. The molecular weight excluding hydrogens is 314 g/mol. The Bertz CT molecular complexity index is 495. The molecule has 0 radical (unpaired) electrons. The van der Waals surface area contributed by atoms with Crippen molar-refractivity contribution in [2.75, 3.05) is 13.2 Å². The van der Waals surface area contributed by atoms with Crippen LogP contribution in [0, 0.1) is 0 Å². The summed E-state index contributed by atoms with van der Waals surface area (Å²) >= 11 is 0. The highest BCUT2D eigenvalue weighted by molar-refractivity contribution is 6.37. The first-order chi connectivity index (χ1) is 10.6. The predicted octanol–water partition coefficient (Wildman–Crippen LogP) is -5.80. The summed E-state index contributed by atoms with van der Waals surface area (Å²) in [5, 5.41) is 21.7. The zero-order valence-corrected chi connectivity index (χ0v) is 12.0. The average molecular weight is 333 g/mol. The molecule has 0 spiro atoms. The molecule has 12 nitrogen and oxygen atoms in total. The maximum absolute atomic E-state index is 12.0. The number of aliphatic hydroxyl groups is 2. The lowest BCUT2D eigenvalue weighted by molar-refractivity contribution is -0.140. The molecule has 0 aromatic heterocycles. The van der Waals surface area contributed by atoms with Crippen molar-refractivity contribution in [1.29, 1.82) is 0 Å². The first kappa shape index (κ1) is 20.4. The van der Waals surface area contributed by atoms with E-state index in [1.165, 1.54) is 0 Å². The van der Waals surface area contributed by atoms with E-state index in [1.54, 1.807) is 0 Å². The van der Waals surface area contributed by atoms with E-state index in [0.29, 0.717) is 0 Å². The first-order valence-electron chi connectivity index (χ1n) is 6.34. The largest absolute Gasteiger partial charge is 0.394 e. The summed E-state index contributed by atoms with van der Waals surface area (Å²) in [6.45, 7) is -1.64. The molecule has 0 rings (SSSR count). The van der Waals surface area contributed by atoms with Gasteiger partial charge in [-0.25, -0.2) is 0 Å². The third kappa shape index (κ3) is 6.82. The van der Waals surface area contributed by atoms with E-state index < -0.39 is 67.2 Å². The zero-order valence-electron chi connectivity index (χ0n) is 12.0. The van der Waals surface area contributed by atoms with Crippen molar-refractivity contribution in [3.05, 3.63) is 0 Å². The van der Waals surface area contributed by atoms with E-state index in [1.807, 2.05) is 5.32 Å². The van der Waals surface area contributed by atoms with Crippen LogP contribution >= 0.6 is 0 Å². The Morgan fingerprint density at radius 2 is 1.39 bits per heavy atom. The summed E-state index contributed by atoms with van der Waals surface area (Å²) in [6.07, 6.45) is -0.640. The molecule has 0 aliphatic carbocycles. The van der Waals surface area contributed by atoms with E-state index in [2.05, 4.69) is 5.32 Å². The number of nitrogens with one attached hydrogen (secondary N) is 2. The van der Waals surface area contributed by atoms with Crippen molar-refractivity contribution in [1.82, 2.24) is 10.6 Å². The van der Waals surface area contributed by atoms with Gasteiger partial charge in [-0.1, -0.05) is 0 Å². The number of ketones is 1. The zero-order chi connectivity index (χ0) is 18.2. The molecule has 0 aromatic rings. The average Bonchev–Trinajstić information content (AvgIpc) is 2.49. The molecule has 0 bridgehead atoms. The smallest absolute Gasteiger partial charge is 0.287 e. The molecule has 0 unspecified atom stereocenters. The number of Topliss-reactive ketones (excluding diaryl/α,β-unsaturated/α-hetero) is 1. The summed E-state index contributed by atoms with van der Waals surface area (Å²) in [4.78, 5) is 56.6. The van der Waals surface area contributed by atoms with E-state index in [4.69, 9.17) is 27.4 Å². The lowest BCUT2D eigenvalue weighted by atomic mass is 10.1. The minimum atomic E-state index is -1.64. The Hall–Kier alpha value is -2.57. The van der Waals surface area contributed by atoms with Crippen molar-refractivity contribution < 1.29 is 34.2 Å². The van der Waals surface area contributed by atoms with E-state index >= 15 is 0 Å². The second-order valence-corrected chi connectivity index (χ2v) is 4.49. The normalized spacial score (nSPS) is 14.2. The fraction of sp³-hybridized carbons (Fsp3) is 0.545. The van der Waals surface area contributed by atoms with Crippen molar-refractivity contribution in [2.24, 2.45) is 17.2 Å². The van der Waals surface area contributed by atoms with Gasteiger partial charge in [-0.15, -0.1) is 0 Å². The fourth-order valence-corrected chi connectivity index (χ4v) is 1.41. The van der Waals surface area contributed by atoms with E-state index in [-0.39, 0.29) is 0 Å². The lowest BCUT2D eigenvalue weighted by Crippen LogP contribution is -2.57. The molecule has 0 fully saturated rings. The van der Waals surface area contributed by atoms with Gasteiger partial charge in [0.2, 0.25) is 23.5 Å². The Kier molecular flexibility index (Phi) is 8.39. The number of aliphatic hydroxyl groups excluding tert-OH is 2. The second-order valence-electron chi connectivity index (χ2n) is 4.49. The predicted molar refractivity (Wildman–Crippen MR) is 74.0 cm³/mol. The number of nitrogens with two attached hydrogens (primary N) is 3. The summed E-state index contributed by atoms with van der Waals surface area (Å²) in [5.74, 6) is -5.63. The van der Waals surface area contributed by atoms with Gasteiger partial charge in [-0.05, 0) is 0 Å². The van der Waals surface area contributed by atoms with Gasteiger partial charge in [0.1, 0.15) is 18.1 Å². The van der Waals surface area contributed by atoms with Crippen LogP contribution in [-0.2, 0) is 24.0 Å². The Morgan fingerprint density at radius 3 is 1.78 bits per heavy atom. The van der Waals surface area contributed by atoms with Gasteiger partial charge >= 0.3 is 0 Å². The van der Waals surface area contributed by atoms with Gasteiger partial charge in [-0.2, -0.15) is 0 Å². The maximum atomic E-state index is 12.0. The minimum absolute atomic E-state index is 0.640. The number of primary amides is 2. The third-order valence-electron chi connectivity index (χ3n) is 2.63. The SMILES string of the molecule is NC(=O)C[C@H](NC(=O)[C@@H](N)CO)C(=O)N[C@@H](CO)C(=O)C(N)=O. The molecule has 23 heavy (non-hydrogen) atoms. The third-order valence-corrected chi connectivity index (χ3v) is 2.63. The van der Waals surface area contributed by atoms with Crippen molar-refractivity contribution in [2.45, 2.75) is 24.5 Å². The number of carbonyl (C=O) groups is 5.